The summed E-state index contributed by atoms with van der Waals surface area (Å²) in [5, 5.41) is 13.8. The molecule has 1 N–H and O–H groups in total. The van der Waals surface area contributed by atoms with Gasteiger partial charge in [-0.2, -0.15) is 10.2 Å². The van der Waals surface area contributed by atoms with Gasteiger partial charge in [-0.1, -0.05) is 16.8 Å². The molecule has 3 aromatic rings. The van der Waals surface area contributed by atoms with Crippen LogP contribution in [0.25, 0.3) is 11.5 Å². The first-order chi connectivity index (χ1) is 14.1. The highest BCUT2D eigenvalue weighted by molar-refractivity contribution is 6.30. The van der Waals surface area contributed by atoms with Crippen molar-refractivity contribution in [3.8, 4) is 17.6 Å². The van der Waals surface area contributed by atoms with Gasteiger partial charge in [0, 0.05) is 24.3 Å². The second-order valence-corrected chi connectivity index (χ2v) is 8.03. The average Bonchev–Trinajstić information content (AvgIpc) is 3.38. The maximum Gasteiger partial charge on any atom is 0.254 e. The van der Waals surface area contributed by atoms with Crippen molar-refractivity contribution in [2.75, 3.05) is 6.54 Å². The zero-order valence-electron chi connectivity index (χ0n) is 15.6. The van der Waals surface area contributed by atoms with Crippen LogP contribution in [0.2, 0.25) is 5.02 Å². The standard InChI is InChI=1S/C21H18ClN5O2/c22-15-8-18(24-10-15)19-25-20(29-26-19)14-3-5-16-4-2-13-7-12(9-23)1-6-17(13)21(28)27(16)11-14/h1,6-8,10,14,16,24H,2-5,11H2/t14-,16-/m1/s1. The number of halogens is 1. The van der Waals surface area contributed by atoms with Gasteiger partial charge >= 0.3 is 0 Å². The third-order valence-corrected chi connectivity index (χ3v) is 6.08. The molecule has 29 heavy (non-hydrogen) atoms. The van der Waals surface area contributed by atoms with Gasteiger partial charge < -0.3 is 14.4 Å². The molecule has 1 amide bonds. The Hall–Kier alpha value is -3.11. The van der Waals surface area contributed by atoms with E-state index < -0.39 is 0 Å². The summed E-state index contributed by atoms with van der Waals surface area (Å²) in [5.41, 5.74) is 2.95. The van der Waals surface area contributed by atoms with Crippen molar-refractivity contribution in [1.29, 1.82) is 5.26 Å². The number of benzene rings is 1. The van der Waals surface area contributed by atoms with E-state index in [1.54, 1.807) is 24.4 Å². The third kappa shape index (κ3) is 3.19. The van der Waals surface area contributed by atoms with Crippen LogP contribution in [-0.2, 0) is 6.42 Å². The Morgan fingerprint density at radius 1 is 1.28 bits per heavy atom. The summed E-state index contributed by atoms with van der Waals surface area (Å²) in [6, 6.07) is 9.44. The van der Waals surface area contributed by atoms with E-state index in [-0.39, 0.29) is 17.9 Å². The number of aromatic nitrogens is 3. The molecule has 2 aliphatic rings. The number of amides is 1. The van der Waals surface area contributed by atoms with Gasteiger partial charge in [-0.05, 0) is 55.5 Å². The fourth-order valence-corrected chi connectivity index (χ4v) is 4.50. The Bertz CT molecular complexity index is 1130. The van der Waals surface area contributed by atoms with Crippen LogP contribution in [0.3, 0.4) is 0 Å². The molecule has 5 rings (SSSR count). The van der Waals surface area contributed by atoms with Crippen molar-refractivity contribution in [3.05, 3.63) is 58.1 Å². The first kappa shape index (κ1) is 18.0. The lowest BCUT2D eigenvalue weighted by Crippen LogP contribution is -2.45. The molecule has 0 spiro atoms. The van der Waals surface area contributed by atoms with Crippen LogP contribution >= 0.6 is 11.6 Å². The molecule has 1 saturated heterocycles. The number of nitriles is 1. The number of H-pyrrole nitrogens is 1. The molecule has 1 aromatic carbocycles. The van der Waals surface area contributed by atoms with Gasteiger partial charge in [0.1, 0.15) is 0 Å². The zero-order chi connectivity index (χ0) is 20.0. The topological polar surface area (TPSA) is 98.8 Å². The molecule has 0 radical (unpaired) electrons. The summed E-state index contributed by atoms with van der Waals surface area (Å²) in [6.07, 6.45) is 5.16. The molecule has 146 valence electrons. The Labute approximate surface area is 172 Å². The van der Waals surface area contributed by atoms with Crippen LogP contribution in [0.4, 0.5) is 0 Å². The van der Waals surface area contributed by atoms with Crippen LogP contribution in [0.15, 0.2) is 35.0 Å². The normalized spacial score (nSPS) is 21.2. The van der Waals surface area contributed by atoms with E-state index in [0.29, 0.717) is 40.1 Å². The van der Waals surface area contributed by atoms with E-state index in [1.807, 2.05) is 11.0 Å². The largest absolute Gasteiger partial charge is 0.357 e. The third-order valence-electron chi connectivity index (χ3n) is 5.86. The lowest BCUT2D eigenvalue weighted by Gasteiger charge is -2.37. The quantitative estimate of drug-likeness (QED) is 0.694. The molecule has 8 heteroatoms. The molecule has 2 atom stereocenters. The lowest BCUT2D eigenvalue weighted by molar-refractivity contribution is 0.0570. The fourth-order valence-electron chi connectivity index (χ4n) is 4.34. The summed E-state index contributed by atoms with van der Waals surface area (Å²) in [5.74, 6) is 1.03. The smallest absolute Gasteiger partial charge is 0.254 e. The van der Waals surface area contributed by atoms with Gasteiger partial charge in [0.15, 0.2) is 0 Å². The lowest BCUT2D eigenvalue weighted by atomic mass is 9.90. The summed E-state index contributed by atoms with van der Waals surface area (Å²) < 4.78 is 5.52. The number of nitrogens with one attached hydrogen (secondary N) is 1. The van der Waals surface area contributed by atoms with Crippen LogP contribution < -0.4 is 0 Å². The fraction of sp³-hybridized carbons (Fsp3) is 0.333. The van der Waals surface area contributed by atoms with E-state index in [2.05, 4.69) is 21.2 Å². The molecule has 2 aromatic heterocycles. The number of hydrogen-bond donors (Lipinski definition) is 1. The molecular formula is C21H18ClN5O2. The van der Waals surface area contributed by atoms with Crippen molar-refractivity contribution in [2.45, 2.75) is 37.6 Å². The van der Waals surface area contributed by atoms with Gasteiger partial charge in [-0.25, -0.2) is 0 Å². The molecular weight excluding hydrogens is 390 g/mol. The Morgan fingerprint density at radius 3 is 2.97 bits per heavy atom. The molecule has 0 unspecified atom stereocenters. The van der Waals surface area contributed by atoms with E-state index in [4.69, 9.17) is 21.4 Å². The number of fused-ring (bicyclic) bond motifs is 2. The number of rotatable bonds is 2. The van der Waals surface area contributed by atoms with Gasteiger partial charge in [-0.15, -0.1) is 0 Å². The number of nitrogens with zero attached hydrogens (tertiary/aromatic N) is 4. The van der Waals surface area contributed by atoms with Crippen molar-refractivity contribution >= 4 is 17.5 Å². The minimum Gasteiger partial charge on any atom is -0.357 e. The van der Waals surface area contributed by atoms with E-state index in [0.717, 1.165) is 31.2 Å². The summed E-state index contributed by atoms with van der Waals surface area (Å²) in [7, 11) is 0. The number of carbonyl (C=O) groups is 1. The minimum absolute atomic E-state index is 0.00168. The summed E-state index contributed by atoms with van der Waals surface area (Å²) in [4.78, 5) is 22.7. The van der Waals surface area contributed by atoms with Gasteiger partial charge in [0.2, 0.25) is 11.7 Å². The van der Waals surface area contributed by atoms with Crippen molar-refractivity contribution < 1.29 is 9.32 Å². The van der Waals surface area contributed by atoms with Crippen molar-refractivity contribution in [2.24, 2.45) is 0 Å². The predicted molar refractivity (Wildman–Crippen MR) is 105 cm³/mol. The Kier molecular flexibility index (Phi) is 4.36. The van der Waals surface area contributed by atoms with Gasteiger partial charge in [0.05, 0.1) is 28.3 Å². The SMILES string of the molecule is N#Cc1ccc2c(c1)CC[C@@H]1CC[C@@H](c3nc(-c4cc(Cl)c[nH]4)no3)CN1C2=O. The summed E-state index contributed by atoms with van der Waals surface area (Å²) >= 11 is 5.95. The second-order valence-electron chi connectivity index (χ2n) is 7.60. The average molecular weight is 408 g/mol. The van der Waals surface area contributed by atoms with E-state index in [9.17, 15) is 4.79 Å². The van der Waals surface area contributed by atoms with Crippen molar-refractivity contribution in [1.82, 2.24) is 20.0 Å². The molecule has 0 saturated carbocycles. The van der Waals surface area contributed by atoms with E-state index in [1.165, 1.54) is 0 Å². The maximum atomic E-state index is 13.2. The van der Waals surface area contributed by atoms with Crippen LogP contribution in [0, 0.1) is 11.3 Å². The molecule has 1 fully saturated rings. The van der Waals surface area contributed by atoms with Crippen molar-refractivity contribution in [3.63, 3.8) is 0 Å². The zero-order valence-corrected chi connectivity index (χ0v) is 16.3. The monoisotopic (exact) mass is 407 g/mol. The van der Waals surface area contributed by atoms with Crippen LogP contribution in [-0.4, -0.2) is 38.5 Å². The predicted octanol–water partition coefficient (Wildman–Crippen LogP) is 3.92. The molecule has 0 bridgehead atoms. The first-order valence-electron chi connectivity index (χ1n) is 9.64. The maximum absolute atomic E-state index is 13.2. The Morgan fingerprint density at radius 2 is 2.17 bits per heavy atom. The summed E-state index contributed by atoms with van der Waals surface area (Å²) in [6.45, 7) is 0.552. The van der Waals surface area contributed by atoms with Gasteiger partial charge in [0.25, 0.3) is 5.91 Å². The molecule has 4 heterocycles. The second kappa shape index (κ2) is 7.05. The Balaban J connectivity index is 1.40. The number of aryl methyl sites for hydroxylation is 1. The number of carbonyl (C=O) groups excluding carboxylic acids is 1. The highest BCUT2D eigenvalue weighted by Gasteiger charge is 2.37. The highest BCUT2D eigenvalue weighted by Crippen LogP contribution is 2.35. The van der Waals surface area contributed by atoms with Crippen LogP contribution in [0.5, 0.6) is 0 Å². The molecule has 2 aliphatic heterocycles. The highest BCUT2D eigenvalue weighted by atomic mass is 35.5. The number of aromatic amines is 1. The van der Waals surface area contributed by atoms with Crippen LogP contribution in [0.1, 0.15) is 52.6 Å². The first-order valence-corrected chi connectivity index (χ1v) is 10.0. The van der Waals surface area contributed by atoms with Gasteiger partial charge in [-0.3, -0.25) is 4.79 Å². The number of hydrogen-bond acceptors (Lipinski definition) is 5. The minimum atomic E-state index is 0.00168. The molecule has 7 nitrogen and oxygen atoms in total. The molecule has 0 aliphatic carbocycles. The van der Waals surface area contributed by atoms with E-state index >= 15 is 0 Å². The number of piperidine rings is 1.